The van der Waals surface area contributed by atoms with Crippen LogP contribution in [0.3, 0.4) is 0 Å². The molecule has 1 aromatic heterocycles. The number of nitrogens with one attached hydrogen (secondary N) is 2. The molecule has 3 aromatic carbocycles. The third-order valence-electron chi connectivity index (χ3n) is 6.47. The molecule has 10 nitrogen and oxygen atoms in total. The number of nitro benzene ring substituents is 1. The average molecular weight is 520 g/mol. The maximum atomic E-state index is 13.6. The Morgan fingerprint density at radius 1 is 0.974 bits per heavy atom. The van der Waals surface area contributed by atoms with Gasteiger partial charge in [0.15, 0.2) is 11.6 Å². The van der Waals surface area contributed by atoms with E-state index >= 15 is 0 Å². The standard InChI is InChI=1S/C26H22F2N6O4/c1-32-6-8-33(9-7-32)19-3-4-20(23(14-19)34(37)38)26(36)29-25-21-12-15(2-5-22(21)30-31-25)24(35)16-10-17(27)13-18(28)11-16/h2-5,10-14H,6-9H2,1H3,(H2,29,30,31,36). The number of hydrogen-bond donors (Lipinski definition) is 2. The predicted molar refractivity (Wildman–Crippen MR) is 137 cm³/mol. The molecule has 0 atom stereocenters. The van der Waals surface area contributed by atoms with Crippen molar-refractivity contribution in [2.45, 2.75) is 0 Å². The second-order valence-corrected chi connectivity index (χ2v) is 9.02. The van der Waals surface area contributed by atoms with Gasteiger partial charge in [-0.3, -0.25) is 24.8 Å². The molecule has 2 N–H and O–H groups in total. The van der Waals surface area contributed by atoms with Crippen molar-refractivity contribution < 1.29 is 23.3 Å². The van der Waals surface area contributed by atoms with E-state index in [1.54, 1.807) is 6.07 Å². The van der Waals surface area contributed by atoms with E-state index in [4.69, 9.17) is 0 Å². The number of rotatable bonds is 6. The van der Waals surface area contributed by atoms with Crippen LogP contribution in [-0.4, -0.2) is 64.9 Å². The first-order chi connectivity index (χ1) is 18.2. The highest BCUT2D eigenvalue weighted by Crippen LogP contribution is 2.29. The third kappa shape index (κ3) is 4.93. The minimum Gasteiger partial charge on any atom is -0.369 e. The van der Waals surface area contributed by atoms with Gasteiger partial charge in [0.05, 0.1) is 10.4 Å². The van der Waals surface area contributed by atoms with Crippen molar-refractivity contribution in [1.82, 2.24) is 15.1 Å². The highest BCUT2D eigenvalue weighted by molar-refractivity contribution is 6.13. The normalized spacial score (nSPS) is 14.0. The number of amides is 1. The number of ketones is 1. The van der Waals surface area contributed by atoms with E-state index < -0.39 is 28.2 Å². The Balaban J connectivity index is 1.42. The van der Waals surface area contributed by atoms with Gasteiger partial charge in [-0.15, -0.1) is 0 Å². The van der Waals surface area contributed by atoms with Gasteiger partial charge in [-0.2, -0.15) is 5.10 Å². The molecule has 0 aliphatic carbocycles. The number of aromatic nitrogens is 2. The van der Waals surface area contributed by atoms with Crippen LogP contribution >= 0.6 is 0 Å². The number of hydrogen-bond acceptors (Lipinski definition) is 7. The molecule has 1 saturated heterocycles. The zero-order valence-corrected chi connectivity index (χ0v) is 20.2. The number of likely N-dealkylation sites (N-methyl/N-ethyl adjacent to an activating group) is 1. The first kappa shape index (κ1) is 25.0. The van der Waals surface area contributed by atoms with E-state index in [0.29, 0.717) is 35.7 Å². The Morgan fingerprint density at radius 2 is 1.68 bits per heavy atom. The molecule has 5 rings (SSSR count). The molecule has 1 amide bonds. The summed E-state index contributed by atoms with van der Waals surface area (Å²) in [7, 11) is 2.01. The van der Waals surface area contributed by atoms with Crippen molar-refractivity contribution in [1.29, 1.82) is 0 Å². The third-order valence-corrected chi connectivity index (χ3v) is 6.47. The highest BCUT2D eigenvalue weighted by atomic mass is 19.1. The summed E-state index contributed by atoms with van der Waals surface area (Å²) in [5, 5.41) is 21.5. The number of halogens is 2. The number of nitro groups is 1. The summed E-state index contributed by atoms with van der Waals surface area (Å²) in [6.07, 6.45) is 0. The summed E-state index contributed by atoms with van der Waals surface area (Å²) >= 11 is 0. The lowest BCUT2D eigenvalue weighted by Crippen LogP contribution is -2.44. The van der Waals surface area contributed by atoms with E-state index in [-0.39, 0.29) is 28.2 Å². The number of nitrogens with zero attached hydrogens (tertiary/aromatic N) is 4. The minimum absolute atomic E-state index is 0.0440. The number of fused-ring (bicyclic) bond motifs is 1. The van der Waals surface area contributed by atoms with Crippen molar-refractivity contribution in [3.8, 4) is 0 Å². The number of benzene rings is 3. The fraction of sp³-hybridized carbons (Fsp3) is 0.192. The lowest BCUT2D eigenvalue weighted by atomic mass is 10.0. The van der Waals surface area contributed by atoms with Gasteiger partial charge in [-0.05, 0) is 49.5 Å². The Morgan fingerprint density at radius 3 is 2.37 bits per heavy atom. The van der Waals surface area contributed by atoms with Gasteiger partial charge in [0, 0.05) is 60.5 Å². The summed E-state index contributed by atoms with van der Waals surface area (Å²) in [6, 6.07) is 11.4. The topological polar surface area (TPSA) is 124 Å². The summed E-state index contributed by atoms with van der Waals surface area (Å²) < 4.78 is 27.2. The molecular weight excluding hydrogens is 498 g/mol. The molecule has 1 aliphatic rings. The van der Waals surface area contributed by atoms with Crippen LogP contribution in [0.4, 0.5) is 26.0 Å². The number of aromatic amines is 1. The Kier molecular flexibility index (Phi) is 6.55. The smallest absolute Gasteiger partial charge is 0.284 e. The summed E-state index contributed by atoms with van der Waals surface area (Å²) in [6.45, 7) is 3.06. The van der Waals surface area contributed by atoms with Gasteiger partial charge in [0.2, 0.25) is 0 Å². The van der Waals surface area contributed by atoms with Crippen LogP contribution in [0, 0.1) is 21.7 Å². The lowest BCUT2D eigenvalue weighted by Gasteiger charge is -2.34. The van der Waals surface area contributed by atoms with E-state index in [0.717, 1.165) is 25.2 Å². The second kappa shape index (κ2) is 9.98. The van der Waals surface area contributed by atoms with Gasteiger partial charge in [0.1, 0.15) is 17.2 Å². The average Bonchev–Trinajstić information content (AvgIpc) is 3.29. The van der Waals surface area contributed by atoms with Gasteiger partial charge in [0.25, 0.3) is 11.6 Å². The van der Waals surface area contributed by atoms with Crippen LogP contribution in [0.5, 0.6) is 0 Å². The number of piperazine rings is 1. The van der Waals surface area contributed by atoms with Crippen molar-refractivity contribution in [2.24, 2.45) is 0 Å². The van der Waals surface area contributed by atoms with Crippen molar-refractivity contribution in [3.63, 3.8) is 0 Å². The monoisotopic (exact) mass is 520 g/mol. The fourth-order valence-electron chi connectivity index (χ4n) is 4.40. The molecule has 1 fully saturated rings. The molecule has 38 heavy (non-hydrogen) atoms. The highest BCUT2D eigenvalue weighted by Gasteiger charge is 2.25. The summed E-state index contributed by atoms with van der Waals surface area (Å²) in [4.78, 5) is 41.3. The molecule has 0 unspecified atom stereocenters. The van der Waals surface area contributed by atoms with E-state index in [1.165, 1.54) is 30.3 Å². The van der Waals surface area contributed by atoms with Crippen molar-refractivity contribution >= 4 is 39.8 Å². The molecule has 2 heterocycles. The summed E-state index contributed by atoms with van der Waals surface area (Å²) in [5.74, 6) is -3.10. The predicted octanol–water partition coefficient (Wildman–Crippen LogP) is 3.98. The Bertz CT molecular complexity index is 1560. The zero-order valence-electron chi connectivity index (χ0n) is 20.2. The number of anilines is 2. The van der Waals surface area contributed by atoms with Crippen LogP contribution in [0.2, 0.25) is 0 Å². The molecule has 4 aromatic rings. The quantitative estimate of drug-likeness (QED) is 0.224. The Hall–Kier alpha value is -4.71. The second-order valence-electron chi connectivity index (χ2n) is 9.02. The van der Waals surface area contributed by atoms with Gasteiger partial charge < -0.3 is 15.1 Å². The van der Waals surface area contributed by atoms with Crippen LogP contribution in [0.1, 0.15) is 26.3 Å². The molecule has 0 radical (unpaired) electrons. The number of carbonyl (C=O) groups excluding carboxylic acids is 2. The van der Waals surface area contributed by atoms with E-state index in [2.05, 4.69) is 20.4 Å². The van der Waals surface area contributed by atoms with Crippen LogP contribution in [0.15, 0.2) is 54.6 Å². The molecule has 0 spiro atoms. The molecule has 1 aliphatic heterocycles. The van der Waals surface area contributed by atoms with Crippen molar-refractivity contribution in [3.05, 3.63) is 93.0 Å². The maximum absolute atomic E-state index is 13.6. The van der Waals surface area contributed by atoms with E-state index in [9.17, 15) is 28.5 Å². The maximum Gasteiger partial charge on any atom is 0.284 e. The molecular formula is C26H22F2N6O4. The van der Waals surface area contributed by atoms with Crippen LogP contribution in [0.25, 0.3) is 10.9 Å². The minimum atomic E-state index is -0.883. The zero-order chi connectivity index (χ0) is 27.0. The first-order valence-corrected chi connectivity index (χ1v) is 11.7. The van der Waals surface area contributed by atoms with Crippen molar-refractivity contribution in [2.75, 3.05) is 43.4 Å². The van der Waals surface area contributed by atoms with Crippen LogP contribution < -0.4 is 10.2 Å². The first-order valence-electron chi connectivity index (χ1n) is 11.7. The SMILES string of the molecule is CN1CCN(c2ccc(C(=O)Nc3n[nH]c4ccc(C(=O)c5cc(F)cc(F)c5)cc34)c([N+](=O)[O-])c2)CC1. The number of H-pyrrole nitrogens is 1. The lowest BCUT2D eigenvalue weighted by molar-refractivity contribution is -0.385. The fourth-order valence-corrected chi connectivity index (χ4v) is 4.40. The Labute approximate surface area is 215 Å². The van der Waals surface area contributed by atoms with Crippen LogP contribution in [-0.2, 0) is 0 Å². The van der Waals surface area contributed by atoms with E-state index in [1.807, 2.05) is 11.9 Å². The molecule has 12 heteroatoms. The largest absolute Gasteiger partial charge is 0.369 e. The summed E-state index contributed by atoms with van der Waals surface area (Å²) in [5.41, 5.74) is 0.578. The van der Waals surface area contributed by atoms with Gasteiger partial charge in [-0.25, -0.2) is 8.78 Å². The molecule has 0 saturated carbocycles. The molecule has 194 valence electrons. The van der Waals surface area contributed by atoms with Gasteiger partial charge in [-0.1, -0.05) is 0 Å². The van der Waals surface area contributed by atoms with Gasteiger partial charge >= 0.3 is 0 Å². The number of carbonyl (C=O) groups is 2. The molecule has 0 bridgehead atoms.